The fourth-order valence-electron chi connectivity index (χ4n) is 1.37. The van der Waals surface area contributed by atoms with Crippen LogP contribution in [-0.4, -0.2) is 30.9 Å². The van der Waals surface area contributed by atoms with Crippen molar-refractivity contribution in [1.29, 1.82) is 5.26 Å². The van der Waals surface area contributed by atoms with Gasteiger partial charge < -0.3 is 20.3 Å². The standard InChI is InChI=1S/C11H14N2O3/c1-13-6-9(14)7-3-8(5-12)11(15)10(4-7)16-2/h3-4,9,13-15H,6H2,1-2H3. The number of aliphatic hydroxyl groups excluding tert-OH is 1. The Morgan fingerprint density at radius 1 is 1.56 bits per heavy atom. The number of aliphatic hydroxyl groups is 1. The van der Waals surface area contributed by atoms with E-state index in [9.17, 15) is 10.2 Å². The van der Waals surface area contributed by atoms with Crippen molar-refractivity contribution in [3.05, 3.63) is 23.3 Å². The lowest BCUT2D eigenvalue weighted by Crippen LogP contribution is -2.16. The molecule has 0 aromatic heterocycles. The molecule has 0 fully saturated rings. The molecule has 0 amide bonds. The molecule has 0 bridgehead atoms. The van der Waals surface area contributed by atoms with E-state index in [1.54, 1.807) is 7.05 Å². The maximum atomic E-state index is 9.74. The topological polar surface area (TPSA) is 85.5 Å². The molecular formula is C11H14N2O3. The first kappa shape index (κ1) is 12.3. The van der Waals surface area contributed by atoms with Gasteiger partial charge in [0, 0.05) is 6.54 Å². The molecule has 16 heavy (non-hydrogen) atoms. The van der Waals surface area contributed by atoms with Crippen molar-refractivity contribution in [3.8, 4) is 17.6 Å². The highest BCUT2D eigenvalue weighted by molar-refractivity contribution is 5.54. The molecule has 1 aromatic rings. The Kier molecular flexibility index (Phi) is 4.11. The predicted molar refractivity (Wildman–Crippen MR) is 58.3 cm³/mol. The molecule has 0 aliphatic rings. The lowest BCUT2D eigenvalue weighted by atomic mass is 10.0. The van der Waals surface area contributed by atoms with Crippen LogP contribution in [0, 0.1) is 11.3 Å². The van der Waals surface area contributed by atoms with E-state index >= 15 is 0 Å². The van der Waals surface area contributed by atoms with Gasteiger partial charge in [-0.3, -0.25) is 0 Å². The van der Waals surface area contributed by atoms with E-state index in [0.717, 1.165) is 0 Å². The van der Waals surface area contributed by atoms with Crippen molar-refractivity contribution in [3.63, 3.8) is 0 Å². The van der Waals surface area contributed by atoms with Crippen molar-refractivity contribution in [2.75, 3.05) is 20.7 Å². The van der Waals surface area contributed by atoms with Crippen LogP contribution in [0.2, 0.25) is 0 Å². The third-order valence-corrected chi connectivity index (χ3v) is 2.22. The summed E-state index contributed by atoms with van der Waals surface area (Å²) in [6.07, 6.45) is -0.744. The molecule has 1 atom stereocenters. The summed E-state index contributed by atoms with van der Waals surface area (Å²) < 4.78 is 4.92. The van der Waals surface area contributed by atoms with Gasteiger partial charge >= 0.3 is 0 Å². The van der Waals surface area contributed by atoms with E-state index < -0.39 is 6.10 Å². The van der Waals surface area contributed by atoms with Gasteiger partial charge in [-0.25, -0.2) is 0 Å². The number of ether oxygens (including phenoxy) is 1. The minimum Gasteiger partial charge on any atom is -0.503 e. The molecule has 1 unspecified atom stereocenters. The van der Waals surface area contributed by atoms with Crippen LogP contribution in [0.25, 0.3) is 0 Å². The molecule has 0 radical (unpaired) electrons. The summed E-state index contributed by atoms with van der Waals surface area (Å²) in [6, 6.07) is 4.80. The highest BCUT2D eigenvalue weighted by Crippen LogP contribution is 2.32. The SMILES string of the molecule is CNCC(O)c1cc(C#N)c(O)c(OC)c1. The van der Waals surface area contributed by atoms with Crippen LogP contribution in [0.3, 0.4) is 0 Å². The number of likely N-dealkylation sites (N-methyl/N-ethyl adjacent to an activating group) is 1. The second kappa shape index (κ2) is 5.35. The maximum Gasteiger partial charge on any atom is 0.175 e. The van der Waals surface area contributed by atoms with Gasteiger partial charge in [-0.2, -0.15) is 5.26 Å². The molecule has 0 aliphatic heterocycles. The van der Waals surface area contributed by atoms with Crippen molar-refractivity contribution >= 4 is 0 Å². The molecule has 1 aromatic carbocycles. The summed E-state index contributed by atoms with van der Waals surface area (Å²) in [5.74, 6) is -0.0189. The molecule has 0 saturated heterocycles. The molecular weight excluding hydrogens is 208 g/mol. The van der Waals surface area contributed by atoms with Crippen LogP contribution >= 0.6 is 0 Å². The van der Waals surface area contributed by atoms with E-state index in [4.69, 9.17) is 10.00 Å². The molecule has 0 saturated carbocycles. The van der Waals surface area contributed by atoms with E-state index in [1.165, 1.54) is 19.2 Å². The number of nitrogens with zero attached hydrogens (tertiary/aromatic N) is 1. The Morgan fingerprint density at radius 3 is 2.75 bits per heavy atom. The van der Waals surface area contributed by atoms with Crippen LogP contribution < -0.4 is 10.1 Å². The number of hydrogen-bond acceptors (Lipinski definition) is 5. The van der Waals surface area contributed by atoms with Gasteiger partial charge in [0.25, 0.3) is 0 Å². The second-order valence-corrected chi connectivity index (χ2v) is 3.30. The van der Waals surface area contributed by atoms with E-state index in [1.807, 2.05) is 6.07 Å². The van der Waals surface area contributed by atoms with Gasteiger partial charge in [-0.1, -0.05) is 0 Å². The number of benzene rings is 1. The number of methoxy groups -OCH3 is 1. The Balaban J connectivity index is 3.17. The summed E-state index contributed by atoms with van der Waals surface area (Å²) in [5.41, 5.74) is 0.616. The maximum absolute atomic E-state index is 9.74. The van der Waals surface area contributed by atoms with Gasteiger partial charge in [0.2, 0.25) is 0 Å². The Labute approximate surface area is 93.9 Å². The number of nitriles is 1. The van der Waals surface area contributed by atoms with E-state index in [-0.39, 0.29) is 17.1 Å². The largest absolute Gasteiger partial charge is 0.503 e. The average molecular weight is 222 g/mol. The normalized spacial score (nSPS) is 11.9. The lowest BCUT2D eigenvalue weighted by Gasteiger charge is -2.13. The minimum atomic E-state index is -0.744. The number of rotatable bonds is 4. The van der Waals surface area contributed by atoms with E-state index in [2.05, 4.69) is 5.32 Å². The fraction of sp³-hybridized carbons (Fsp3) is 0.364. The number of phenols is 1. The second-order valence-electron chi connectivity index (χ2n) is 3.30. The lowest BCUT2D eigenvalue weighted by molar-refractivity contribution is 0.177. The van der Waals surface area contributed by atoms with Crippen molar-refractivity contribution < 1.29 is 14.9 Å². The predicted octanol–water partition coefficient (Wildman–Crippen LogP) is 0.525. The van der Waals surface area contributed by atoms with Gasteiger partial charge in [-0.15, -0.1) is 0 Å². The molecule has 86 valence electrons. The first-order chi connectivity index (χ1) is 7.63. The van der Waals surface area contributed by atoms with Gasteiger partial charge in [0.05, 0.1) is 18.8 Å². The Hall–Kier alpha value is -1.77. The summed E-state index contributed by atoms with van der Waals surface area (Å²) in [6.45, 7) is 0.360. The fourth-order valence-corrected chi connectivity index (χ4v) is 1.37. The molecule has 0 aliphatic carbocycles. The highest BCUT2D eigenvalue weighted by atomic mass is 16.5. The third kappa shape index (κ3) is 2.42. The zero-order valence-corrected chi connectivity index (χ0v) is 9.19. The summed E-state index contributed by atoms with van der Waals surface area (Å²) >= 11 is 0. The molecule has 1 rings (SSSR count). The molecule has 5 heteroatoms. The summed E-state index contributed by atoms with van der Waals surface area (Å²) in [7, 11) is 3.11. The van der Waals surface area contributed by atoms with Crippen LogP contribution in [0.4, 0.5) is 0 Å². The van der Waals surface area contributed by atoms with Crippen molar-refractivity contribution in [2.45, 2.75) is 6.10 Å². The molecule has 0 spiro atoms. The monoisotopic (exact) mass is 222 g/mol. The molecule has 5 nitrogen and oxygen atoms in total. The Bertz CT molecular complexity index is 412. The van der Waals surface area contributed by atoms with Crippen molar-refractivity contribution in [1.82, 2.24) is 5.32 Å². The number of aromatic hydroxyl groups is 1. The highest BCUT2D eigenvalue weighted by Gasteiger charge is 2.14. The van der Waals surface area contributed by atoms with Crippen LogP contribution in [-0.2, 0) is 0 Å². The summed E-state index contributed by atoms with van der Waals surface area (Å²) in [5, 5.41) is 31.0. The van der Waals surface area contributed by atoms with E-state index in [0.29, 0.717) is 12.1 Å². The number of phenolic OH excluding ortho intramolecular Hbond substituents is 1. The molecule has 0 heterocycles. The number of hydrogen-bond donors (Lipinski definition) is 3. The smallest absolute Gasteiger partial charge is 0.175 e. The number of nitrogens with one attached hydrogen (secondary N) is 1. The molecule has 3 N–H and O–H groups in total. The van der Waals surface area contributed by atoms with Gasteiger partial charge in [0.1, 0.15) is 6.07 Å². The zero-order valence-electron chi connectivity index (χ0n) is 9.19. The quantitative estimate of drug-likeness (QED) is 0.691. The minimum absolute atomic E-state index is 0.0875. The zero-order chi connectivity index (χ0) is 12.1. The van der Waals surface area contributed by atoms with Crippen LogP contribution in [0.1, 0.15) is 17.2 Å². The summed E-state index contributed by atoms with van der Waals surface area (Å²) in [4.78, 5) is 0. The van der Waals surface area contributed by atoms with Crippen molar-refractivity contribution in [2.24, 2.45) is 0 Å². The van der Waals surface area contributed by atoms with Gasteiger partial charge in [-0.05, 0) is 24.7 Å². The average Bonchev–Trinajstić information content (AvgIpc) is 2.29. The third-order valence-electron chi connectivity index (χ3n) is 2.22. The Morgan fingerprint density at radius 2 is 2.25 bits per heavy atom. The van der Waals surface area contributed by atoms with Gasteiger partial charge in [0.15, 0.2) is 11.5 Å². The van der Waals surface area contributed by atoms with Crippen LogP contribution in [0.15, 0.2) is 12.1 Å². The van der Waals surface area contributed by atoms with Crippen LogP contribution in [0.5, 0.6) is 11.5 Å². The first-order valence-corrected chi connectivity index (χ1v) is 4.77. The first-order valence-electron chi connectivity index (χ1n) is 4.77.